The van der Waals surface area contributed by atoms with Crippen molar-refractivity contribution >= 4 is 34.4 Å². The number of para-hydroxylation sites is 2. The molecule has 0 aliphatic carbocycles. The molecular weight excluding hydrogens is 449 g/mol. The lowest BCUT2D eigenvalue weighted by molar-refractivity contribution is -0.137. The Labute approximate surface area is 194 Å². The van der Waals surface area contributed by atoms with Gasteiger partial charge in [0.2, 0.25) is 5.91 Å². The lowest BCUT2D eigenvalue weighted by atomic mass is 9.96. The molecule has 180 valence electrons. The van der Waals surface area contributed by atoms with Crippen molar-refractivity contribution in [2.75, 3.05) is 54.5 Å². The van der Waals surface area contributed by atoms with E-state index in [1.807, 2.05) is 34.1 Å². The topological polar surface area (TPSA) is 70.8 Å². The van der Waals surface area contributed by atoms with Crippen LogP contribution in [0.4, 0.5) is 30.6 Å². The standard InChI is InChI=1S/C24H25F3N4O3/c25-24(26,27)17-5-6-20(30-11-13-33-14-12-30)19(15-17)28-22(32)16-7-9-31(10-8-16)23-29-18-3-1-2-4-21(18)34-23/h1-6,15-16H,7-14H2,(H,28,32). The van der Waals surface area contributed by atoms with E-state index >= 15 is 0 Å². The lowest BCUT2D eigenvalue weighted by Gasteiger charge is -2.32. The fraction of sp³-hybridized carbons (Fsp3) is 0.417. The Hall–Kier alpha value is -3.27. The molecule has 10 heteroatoms. The molecule has 1 N–H and O–H groups in total. The molecule has 3 heterocycles. The molecule has 5 rings (SSSR count). The van der Waals surface area contributed by atoms with Gasteiger partial charge in [-0.25, -0.2) is 0 Å². The van der Waals surface area contributed by atoms with Crippen LogP contribution < -0.4 is 15.1 Å². The summed E-state index contributed by atoms with van der Waals surface area (Å²) in [6, 6.07) is 11.5. The molecule has 0 unspecified atom stereocenters. The van der Waals surface area contributed by atoms with Crippen LogP contribution in [0.2, 0.25) is 0 Å². The van der Waals surface area contributed by atoms with Crippen molar-refractivity contribution in [2.24, 2.45) is 5.92 Å². The first kappa shape index (κ1) is 22.5. The van der Waals surface area contributed by atoms with E-state index in [1.165, 1.54) is 6.07 Å². The number of halogens is 3. The highest BCUT2D eigenvalue weighted by atomic mass is 19.4. The molecule has 0 radical (unpaired) electrons. The molecule has 2 saturated heterocycles. The Morgan fingerprint density at radius 1 is 1.00 bits per heavy atom. The number of oxazole rings is 1. The Morgan fingerprint density at radius 2 is 1.74 bits per heavy atom. The van der Waals surface area contributed by atoms with Gasteiger partial charge >= 0.3 is 6.18 Å². The third-order valence-corrected chi connectivity index (χ3v) is 6.35. The summed E-state index contributed by atoms with van der Waals surface area (Å²) < 4.78 is 51.2. The molecule has 0 spiro atoms. The normalized spacial score (nSPS) is 17.9. The van der Waals surface area contributed by atoms with E-state index in [4.69, 9.17) is 9.15 Å². The van der Waals surface area contributed by atoms with Gasteiger partial charge < -0.3 is 24.3 Å². The summed E-state index contributed by atoms with van der Waals surface area (Å²) in [4.78, 5) is 21.5. The second-order valence-electron chi connectivity index (χ2n) is 8.54. The van der Waals surface area contributed by atoms with E-state index in [1.54, 1.807) is 0 Å². The van der Waals surface area contributed by atoms with Crippen molar-refractivity contribution < 1.29 is 27.1 Å². The van der Waals surface area contributed by atoms with Gasteiger partial charge in [-0.3, -0.25) is 4.79 Å². The van der Waals surface area contributed by atoms with Crippen LogP contribution in [-0.4, -0.2) is 50.3 Å². The van der Waals surface area contributed by atoms with Gasteiger partial charge in [0.15, 0.2) is 5.58 Å². The molecule has 1 amide bonds. The molecule has 2 aromatic carbocycles. The second kappa shape index (κ2) is 9.17. The molecule has 2 fully saturated rings. The number of hydrogen-bond acceptors (Lipinski definition) is 6. The number of rotatable bonds is 4. The highest BCUT2D eigenvalue weighted by Gasteiger charge is 2.33. The number of ether oxygens (including phenoxy) is 1. The van der Waals surface area contributed by atoms with Gasteiger partial charge in [-0.05, 0) is 43.2 Å². The van der Waals surface area contributed by atoms with Gasteiger partial charge in [0.1, 0.15) is 5.52 Å². The molecule has 2 aliphatic rings. The lowest BCUT2D eigenvalue weighted by Crippen LogP contribution is -2.39. The number of morpholine rings is 1. The van der Waals surface area contributed by atoms with Crippen LogP contribution in [-0.2, 0) is 15.7 Å². The number of anilines is 3. The number of nitrogens with zero attached hydrogens (tertiary/aromatic N) is 3. The van der Waals surface area contributed by atoms with Crippen LogP contribution >= 0.6 is 0 Å². The summed E-state index contributed by atoms with van der Waals surface area (Å²) in [5.74, 6) is -0.584. The third-order valence-electron chi connectivity index (χ3n) is 6.35. The first-order valence-electron chi connectivity index (χ1n) is 11.3. The molecule has 0 saturated carbocycles. The van der Waals surface area contributed by atoms with Crippen LogP contribution in [0.3, 0.4) is 0 Å². The summed E-state index contributed by atoms with van der Waals surface area (Å²) in [5, 5.41) is 2.79. The maximum Gasteiger partial charge on any atom is 0.416 e. The van der Waals surface area contributed by atoms with Gasteiger partial charge in [0.25, 0.3) is 6.01 Å². The van der Waals surface area contributed by atoms with E-state index in [9.17, 15) is 18.0 Å². The Bertz CT molecular complexity index is 1130. The molecular formula is C24H25F3N4O3. The van der Waals surface area contributed by atoms with Gasteiger partial charge in [-0.15, -0.1) is 0 Å². The van der Waals surface area contributed by atoms with Crippen LogP contribution in [0, 0.1) is 5.92 Å². The number of alkyl halides is 3. The van der Waals surface area contributed by atoms with Crippen LogP contribution in [0.25, 0.3) is 11.1 Å². The van der Waals surface area contributed by atoms with E-state index in [-0.39, 0.29) is 17.5 Å². The average Bonchev–Trinajstić information content (AvgIpc) is 3.28. The smallest absolute Gasteiger partial charge is 0.416 e. The molecule has 2 aliphatic heterocycles. The maximum absolute atomic E-state index is 13.3. The predicted octanol–water partition coefficient (Wildman–Crippen LogP) is 4.54. The van der Waals surface area contributed by atoms with Gasteiger partial charge in [0.05, 0.1) is 30.2 Å². The number of aromatic nitrogens is 1. The van der Waals surface area contributed by atoms with Crippen molar-refractivity contribution in [2.45, 2.75) is 19.0 Å². The van der Waals surface area contributed by atoms with Crippen LogP contribution in [0.15, 0.2) is 46.9 Å². The number of carbonyl (C=O) groups excluding carboxylic acids is 1. The Morgan fingerprint density at radius 3 is 2.44 bits per heavy atom. The monoisotopic (exact) mass is 474 g/mol. The van der Waals surface area contributed by atoms with Crippen molar-refractivity contribution in [3.63, 3.8) is 0 Å². The number of amides is 1. The number of piperidine rings is 1. The minimum atomic E-state index is -4.49. The van der Waals surface area contributed by atoms with Crippen molar-refractivity contribution in [3.05, 3.63) is 48.0 Å². The fourth-order valence-corrected chi connectivity index (χ4v) is 4.46. The van der Waals surface area contributed by atoms with Crippen LogP contribution in [0.5, 0.6) is 0 Å². The molecule has 0 bridgehead atoms. The first-order chi connectivity index (χ1) is 16.4. The number of carbonyl (C=O) groups is 1. The number of fused-ring (bicyclic) bond motifs is 1. The highest BCUT2D eigenvalue weighted by Crippen LogP contribution is 2.36. The van der Waals surface area contributed by atoms with E-state index in [2.05, 4.69) is 10.3 Å². The molecule has 1 aromatic heterocycles. The number of benzene rings is 2. The number of hydrogen-bond donors (Lipinski definition) is 1. The molecule has 0 atom stereocenters. The average molecular weight is 474 g/mol. The van der Waals surface area contributed by atoms with Gasteiger partial charge in [0, 0.05) is 32.1 Å². The summed E-state index contributed by atoms with van der Waals surface area (Å²) in [6.07, 6.45) is -3.39. The zero-order chi connectivity index (χ0) is 23.7. The third kappa shape index (κ3) is 4.68. The van der Waals surface area contributed by atoms with Gasteiger partial charge in [-0.1, -0.05) is 12.1 Å². The summed E-state index contributed by atoms with van der Waals surface area (Å²) >= 11 is 0. The second-order valence-corrected chi connectivity index (χ2v) is 8.54. The zero-order valence-electron chi connectivity index (χ0n) is 18.5. The largest absolute Gasteiger partial charge is 0.423 e. The summed E-state index contributed by atoms with van der Waals surface area (Å²) in [7, 11) is 0. The SMILES string of the molecule is O=C(Nc1cc(C(F)(F)F)ccc1N1CCOCC1)C1CCN(c2nc3ccccc3o2)CC1. The first-order valence-corrected chi connectivity index (χ1v) is 11.3. The molecule has 3 aromatic rings. The molecule has 7 nitrogen and oxygen atoms in total. The Balaban J connectivity index is 1.29. The minimum absolute atomic E-state index is 0.183. The summed E-state index contributed by atoms with van der Waals surface area (Å²) in [6.45, 7) is 3.23. The number of nitrogens with one attached hydrogen (secondary N) is 1. The van der Waals surface area contributed by atoms with Crippen molar-refractivity contribution in [3.8, 4) is 0 Å². The maximum atomic E-state index is 13.3. The zero-order valence-corrected chi connectivity index (χ0v) is 18.5. The summed E-state index contributed by atoms with van der Waals surface area (Å²) in [5.41, 5.74) is 1.46. The van der Waals surface area contributed by atoms with Crippen molar-refractivity contribution in [1.29, 1.82) is 0 Å². The molecule has 34 heavy (non-hydrogen) atoms. The highest BCUT2D eigenvalue weighted by molar-refractivity contribution is 5.96. The van der Waals surface area contributed by atoms with Gasteiger partial charge in [-0.2, -0.15) is 18.2 Å². The fourth-order valence-electron chi connectivity index (χ4n) is 4.46. The van der Waals surface area contributed by atoms with Crippen molar-refractivity contribution in [1.82, 2.24) is 4.98 Å². The van der Waals surface area contributed by atoms with E-state index < -0.39 is 11.7 Å². The van der Waals surface area contributed by atoms with Crippen LogP contribution in [0.1, 0.15) is 18.4 Å². The predicted molar refractivity (Wildman–Crippen MR) is 122 cm³/mol. The Kier molecular flexibility index (Phi) is 6.07. The minimum Gasteiger partial charge on any atom is -0.423 e. The quantitative estimate of drug-likeness (QED) is 0.599. The van der Waals surface area contributed by atoms with E-state index in [0.29, 0.717) is 69.5 Å². The van der Waals surface area contributed by atoms with E-state index in [0.717, 1.165) is 17.6 Å².